The quantitative estimate of drug-likeness (QED) is 0.657. The Morgan fingerprint density at radius 1 is 1.58 bits per heavy atom. The number of aliphatic imine (C=N–C) groups is 1. The molecule has 0 aromatic rings. The molecule has 1 unspecified atom stereocenters. The van der Waals surface area contributed by atoms with Gasteiger partial charge in [-0.2, -0.15) is 0 Å². The minimum absolute atomic E-state index is 0. The lowest BCUT2D eigenvalue weighted by Gasteiger charge is -2.18. The molecule has 0 radical (unpaired) electrons. The summed E-state index contributed by atoms with van der Waals surface area (Å²) < 4.78 is 0. The summed E-state index contributed by atoms with van der Waals surface area (Å²) in [7, 11) is 0. The Morgan fingerprint density at radius 2 is 2.08 bits per heavy atom. The van der Waals surface area contributed by atoms with Gasteiger partial charge >= 0.3 is 0 Å². The number of rotatable bonds is 4. The van der Waals surface area contributed by atoms with E-state index in [1.54, 1.807) is 0 Å². The number of nitrogens with two attached hydrogens (primary N) is 1. The van der Waals surface area contributed by atoms with Crippen molar-refractivity contribution in [3.63, 3.8) is 0 Å². The summed E-state index contributed by atoms with van der Waals surface area (Å²) in [5.41, 5.74) is 5.65. The standard InChI is InChI=1S/C8H17N3.ClH/c1-7(11-6-9)4-5-8(2,3)10;/h7,9H,4-5,10H2,1-3H3;1H. The van der Waals surface area contributed by atoms with Crippen LogP contribution in [0.3, 0.4) is 0 Å². The summed E-state index contributed by atoms with van der Waals surface area (Å²) in [6, 6.07) is 2.21. The van der Waals surface area contributed by atoms with E-state index in [-0.39, 0.29) is 24.0 Å². The summed E-state index contributed by atoms with van der Waals surface area (Å²) >= 11 is 0. The fourth-order valence-corrected chi connectivity index (χ4v) is 0.756. The molecule has 0 spiro atoms. The first-order valence-electron chi connectivity index (χ1n) is 3.86. The van der Waals surface area contributed by atoms with E-state index in [4.69, 9.17) is 11.1 Å². The first kappa shape index (κ1) is 14.2. The molecule has 4 heteroatoms. The number of hydrogen-bond acceptors (Lipinski definition) is 3. The Balaban J connectivity index is 0. The lowest BCUT2D eigenvalue weighted by atomic mass is 9.98. The molecule has 0 aliphatic rings. The van der Waals surface area contributed by atoms with Crippen molar-refractivity contribution in [2.75, 3.05) is 0 Å². The third-order valence-corrected chi connectivity index (χ3v) is 1.49. The average molecular weight is 192 g/mol. The van der Waals surface area contributed by atoms with E-state index in [0.717, 1.165) is 12.8 Å². The molecular formula is C8H18ClN3. The summed E-state index contributed by atoms with van der Waals surface area (Å²) in [5, 5.41) is 6.62. The van der Waals surface area contributed by atoms with E-state index in [2.05, 4.69) is 4.99 Å². The van der Waals surface area contributed by atoms with Crippen molar-refractivity contribution in [2.24, 2.45) is 10.7 Å². The van der Waals surface area contributed by atoms with E-state index in [1.807, 2.05) is 26.8 Å². The molecule has 0 aromatic carbocycles. The molecule has 0 saturated carbocycles. The highest BCUT2D eigenvalue weighted by atomic mass is 35.5. The van der Waals surface area contributed by atoms with Gasteiger partial charge in [0.15, 0.2) is 0 Å². The Kier molecular flexibility index (Phi) is 7.30. The van der Waals surface area contributed by atoms with Crippen molar-refractivity contribution < 1.29 is 0 Å². The van der Waals surface area contributed by atoms with E-state index < -0.39 is 0 Å². The molecule has 0 aliphatic heterocycles. The van der Waals surface area contributed by atoms with Gasteiger partial charge in [0.2, 0.25) is 0 Å². The van der Waals surface area contributed by atoms with Gasteiger partial charge in [-0.3, -0.25) is 0 Å². The molecule has 0 amide bonds. The minimum atomic E-state index is -0.119. The Bertz CT molecular complexity index is 156. The lowest BCUT2D eigenvalue weighted by molar-refractivity contribution is 0.438. The minimum Gasteiger partial charge on any atom is -0.326 e. The predicted octanol–water partition coefficient (Wildman–Crippen LogP) is 2.07. The monoisotopic (exact) mass is 191 g/mol. The molecular weight excluding hydrogens is 174 g/mol. The Hall–Kier alpha value is -0.370. The highest BCUT2D eigenvalue weighted by Gasteiger charge is 2.11. The third kappa shape index (κ3) is 9.63. The Labute approximate surface area is 80.4 Å². The van der Waals surface area contributed by atoms with Crippen molar-refractivity contribution in [3.05, 3.63) is 0 Å². The average Bonchev–Trinajstić information content (AvgIpc) is 1.83. The zero-order chi connectivity index (χ0) is 8.91. The van der Waals surface area contributed by atoms with Gasteiger partial charge < -0.3 is 5.73 Å². The van der Waals surface area contributed by atoms with E-state index >= 15 is 0 Å². The van der Waals surface area contributed by atoms with Crippen molar-refractivity contribution in [1.29, 1.82) is 5.41 Å². The maximum Gasteiger partial charge on any atom is 0.0864 e. The molecule has 0 fully saturated rings. The van der Waals surface area contributed by atoms with Gasteiger partial charge in [0, 0.05) is 5.54 Å². The van der Waals surface area contributed by atoms with Gasteiger partial charge in [0.25, 0.3) is 0 Å². The van der Waals surface area contributed by atoms with Crippen LogP contribution in [0.5, 0.6) is 0 Å². The smallest absolute Gasteiger partial charge is 0.0864 e. The van der Waals surface area contributed by atoms with E-state index in [9.17, 15) is 0 Å². The largest absolute Gasteiger partial charge is 0.326 e. The van der Waals surface area contributed by atoms with Crippen LogP contribution >= 0.6 is 12.4 Å². The van der Waals surface area contributed by atoms with E-state index in [0.29, 0.717) is 0 Å². The molecule has 1 atom stereocenters. The second-order valence-corrected chi connectivity index (χ2v) is 3.62. The van der Waals surface area contributed by atoms with Gasteiger partial charge in [0.1, 0.15) is 0 Å². The maximum atomic E-state index is 6.62. The van der Waals surface area contributed by atoms with E-state index in [1.165, 1.54) is 0 Å². The fourth-order valence-electron chi connectivity index (χ4n) is 0.756. The van der Waals surface area contributed by atoms with Crippen molar-refractivity contribution >= 4 is 18.4 Å². The van der Waals surface area contributed by atoms with Crippen LogP contribution in [-0.2, 0) is 0 Å². The van der Waals surface area contributed by atoms with Gasteiger partial charge in [-0.15, -0.1) is 12.4 Å². The number of nitrogens with zero attached hydrogens (tertiary/aromatic N) is 1. The zero-order valence-electron chi connectivity index (χ0n) is 7.92. The molecule has 3 nitrogen and oxygen atoms in total. The number of halogens is 1. The maximum absolute atomic E-state index is 6.62. The first-order valence-corrected chi connectivity index (χ1v) is 3.86. The van der Waals surface area contributed by atoms with Crippen molar-refractivity contribution in [3.8, 4) is 0 Å². The molecule has 0 aromatic heterocycles. The second kappa shape index (κ2) is 6.18. The van der Waals surface area contributed by atoms with Gasteiger partial charge in [-0.25, -0.2) is 10.4 Å². The van der Waals surface area contributed by atoms with Crippen LogP contribution in [0.25, 0.3) is 0 Å². The summed E-state index contributed by atoms with van der Waals surface area (Å²) in [6.45, 7) is 5.95. The summed E-state index contributed by atoms with van der Waals surface area (Å²) in [6.07, 6.45) is 1.86. The third-order valence-electron chi connectivity index (χ3n) is 1.49. The topological polar surface area (TPSA) is 62.2 Å². The van der Waals surface area contributed by atoms with Crippen LogP contribution in [0.4, 0.5) is 0 Å². The summed E-state index contributed by atoms with van der Waals surface area (Å²) in [5.74, 6) is 0. The fraction of sp³-hybridized carbons (Fsp3) is 0.875. The van der Waals surface area contributed by atoms with Crippen LogP contribution in [0, 0.1) is 5.41 Å². The van der Waals surface area contributed by atoms with Crippen LogP contribution in [0.15, 0.2) is 4.99 Å². The predicted molar refractivity (Wildman–Crippen MR) is 54.4 cm³/mol. The molecule has 12 heavy (non-hydrogen) atoms. The highest BCUT2D eigenvalue weighted by molar-refractivity contribution is 5.85. The van der Waals surface area contributed by atoms with Crippen LogP contribution in [0.2, 0.25) is 0 Å². The molecule has 0 saturated heterocycles. The molecule has 0 bridgehead atoms. The van der Waals surface area contributed by atoms with Crippen molar-refractivity contribution in [2.45, 2.75) is 45.2 Å². The zero-order valence-corrected chi connectivity index (χ0v) is 8.74. The van der Waals surface area contributed by atoms with Crippen LogP contribution in [-0.4, -0.2) is 17.6 Å². The van der Waals surface area contributed by atoms with Gasteiger partial charge in [-0.05, 0) is 33.6 Å². The van der Waals surface area contributed by atoms with Crippen LogP contribution < -0.4 is 5.73 Å². The molecule has 0 heterocycles. The molecule has 72 valence electrons. The normalized spacial score (nSPS) is 12.7. The van der Waals surface area contributed by atoms with Crippen LogP contribution in [0.1, 0.15) is 33.6 Å². The second-order valence-electron chi connectivity index (χ2n) is 3.62. The number of nitrogens with one attached hydrogen (secondary N) is 1. The van der Waals surface area contributed by atoms with Gasteiger partial charge in [-0.1, -0.05) is 0 Å². The molecule has 0 aliphatic carbocycles. The first-order chi connectivity index (χ1) is 4.95. The van der Waals surface area contributed by atoms with Gasteiger partial charge in [0.05, 0.1) is 12.1 Å². The number of hydrogen-bond donors (Lipinski definition) is 2. The highest BCUT2D eigenvalue weighted by Crippen LogP contribution is 2.10. The SMILES string of the molecule is CC(CCC(C)(C)N)N=C=N.Cl. The van der Waals surface area contributed by atoms with Crippen molar-refractivity contribution in [1.82, 2.24) is 0 Å². The molecule has 3 N–H and O–H groups in total. The Morgan fingerprint density at radius 3 is 2.42 bits per heavy atom. The lowest BCUT2D eigenvalue weighted by Crippen LogP contribution is -2.32. The summed E-state index contributed by atoms with van der Waals surface area (Å²) in [4.78, 5) is 3.79. The molecule has 0 rings (SSSR count).